The van der Waals surface area contributed by atoms with Gasteiger partial charge >= 0.3 is 0 Å². The molecule has 1 heterocycles. The summed E-state index contributed by atoms with van der Waals surface area (Å²) in [5.41, 5.74) is 0.875. The van der Waals surface area contributed by atoms with Crippen molar-refractivity contribution in [2.45, 2.75) is 12.5 Å². The highest BCUT2D eigenvalue weighted by atomic mass is 16.5. The van der Waals surface area contributed by atoms with Crippen molar-refractivity contribution in [3.8, 4) is 0 Å². The monoisotopic (exact) mass is 214 g/mol. The summed E-state index contributed by atoms with van der Waals surface area (Å²) in [4.78, 5) is 0. The minimum atomic E-state index is -0.503. The van der Waals surface area contributed by atoms with Gasteiger partial charge in [0.1, 0.15) is 0 Å². The lowest BCUT2D eigenvalue weighted by Gasteiger charge is -2.09. The van der Waals surface area contributed by atoms with E-state index in [-0.39, 0.29) is 0 Å². The van der Waals surface area contributed by atoms with E-state index in [9.17, 15) is 5.11 Å². The zero-order chi connectivity index (χ0) is 11.1. The zero-order valence-corrected chi connectivity index (χ0v) is 9.22. The van der Waals surface area contributed by atoms with E-state index in [1.54, 1.807) is 11.8 Å². The fraction of sp³-hybridized carbons (Fsp3) is 0.700. The van der Waals surface area contributed by atoms with Gasteiger partial charge in [-0.1, -0.05) is 0 Å². The van der Waals surface area contributed by atoms with Crippen molar-refractivity contribution in [2.75, 3.05) is 26.9 Å². The number of methoxy groups -OCH3 is 1. The van der Waals surface area contributed by atoms with E-state index in [1.165, 1.54) is 0 Å². The molecule has 15 heavy (non-hydrogen) atoms. The van der Waals surface area contributed by atoms with Gasteiger partial charge in [-0.3, -0.25) is 4.68 Å². The van der Waals surface area contributed by atoms with E-state index in [4.69, 9.17) is 9.47 Å². The minimum absolute atomic E-state index is 0.319. The maximum Gasteiger partial charge on any atom is 0.0829 e. The Balaban J connectivity index is 2.15. The van der Waals surface area contributed by atoms with E-state index < -0.39 is 6.10 Å². The molecular weight excluding hydrogens is 196 g/mol. The van der Waals surface area contributed by atoms with Gasteiger partial charge < -0.3 is 14.6 Å². The van der Waals surface area contributed by atoms with Crippen LogP contribution in [0.15, 0.2) is 12.3 Å². The molecule has 0 amide bonds. The Morgan fingerprint density at radius 1 is 1.53 bits per heavy atom. The van der Waals surface area contributed by atoms with Gasteiger partial charge in [-0.15, -0.1) is 0 Å². The summed E-state index contributed by atoms with van der Waals surface area (Å²) in [6.07, 6.45) is 1.87. The van der Waals surface area contributed by atoms with Crippen LogP contribution in [0.5, 0.6) is 0 Å². The number of hydrogen-bond acceptors (Lipinski definition) is 4. The lowest BCUT2D eigenvalue weighted by atomic mass is 10.2. The summed E-state index contributed by atoms with van der Waals surface area (Å²) in [6, 6.07) is 1.89. The minimum Gasteiger partial charge on any atom is -0.390 e. The smallest absolute Gasteiger partial charge is 0.0829 e. The molecule has 0 aromatic carbocycles. The Morgan fingerprint density at radius 3 is 2.93 bits per heavy atom. The molecule has 0 saturated carbocycles. The molecule has 0 radical (unpaired) electrons. The second kappa shape index (κ2) is 6.55. The van der Waals surface area contributed by atoms with Gasteiger partial charge in [-0.05, 0) is 6.07 Å². The van der Waals surface area contributed by atoms with Crippen molar-refractivity contribution in [1.82, 2.24) is 9.78 Å². The van der Waals surface area contributed by atoms with Crippen LogP contribution in [0.2, 0.25) is 0 Å². The summed E-state index contributed by atoms with van der Waals surface area (Å²) < 4.78 is 11.7. The normalized spacial score (nSPS) is 13.0. The van der Waals surface area contributed by atoms with Crippen molar-refractivity contribution in [2.24, 2.45) is 7.05 Å². The highest BCUT2D eigenvalue weighted by Gasteiger charge is 2.07. The third-order valence-corrected chi connectivity index (χ3v) is 1.96. The van der Waals surface area contributed by atoms with Crippen LogP contribution in [0.25, 0.3) is 0 Å². The molecule has 1 N–H and O–H groups in total. The number of aryl methyl sites for hydroxylation is 1. The number of nitrogens with zero attached hydrogens (tertiary/aromatic N) is 2. The number of aliphatic hydroxyl groups excluding tert-OH is 1. The molecule has 0 aliphatic rings. The molecule has 1 aromatic heterocycles. The molecule has 0 aliphatic carbocycles. The largest absolute Gasteiger partial charge is 0.390 e. The van der Waals surface area contributed by atoms with Gasteiger partial charge in [0.05, 0.1) is 31.6 Å². The Labute approximate surface area is 89.6 Å². The highest BCUT2D eigenvalue weighted by molar-refractivity contribution is 5.00. The van der Waals surface area contributed by atoms with Crippen LogP contribution in [-0.2, 0) is 22.9 Å². The number of ether oxygens (including phenoxy) is 2. The van der Waals surface area contributed by atoms with Gasteiger partial charge in [0.15, 0.2) is 0 Å². The third-order valence-electron chi connectivity index (χ3n) is 1.96. The average molecular weight is 214 g/mol. The average Bonchev–Trinajstić information content (AvgIpc) is 2.59. The van der Waals surface area contributed by atoms with E-state index in [2.05, 4.69) is 5.10 Å². The second-order valence-corrected chi connectivity index (χ2v) is 3.41. The fourth-order valence-electron chi connectivity index (χ4n) is 1.23. The number of hydrogen-bond donors (Lipinski definition) is 1. The molecule has 0 bridgehead atoms. The molecule has 86 valence electrons. The lowest BCUT2D eigenvalue weighted by molar-refractivity contribution is 0.0133. The van der Waals surface area contributed by atoms with Crippen LogP contribution in [0.1, 0.15) is 5.69 Å². The molecule has 1 aromatic rings. The lowest BCUT2D eigenvalue weighted by Crippen LogP contribution is -2.19. The standard InChI is InChI=1S/C10H18N2O3/c1-12-4-3-9(11-12)7-10(13)8-15-6-5-14-2/h3-4,10,13H,5-8H2,1-2H3. The van der Waals surface area contributed by atoms with Gasteiger partial charge in [-0.25, -0.2) is 0 Å². The van der Waals surface area contributed by atoms with Gasteiger partial charge in [0.25, 0.3) is 0 Å². The molecular formula is C10H18N2O3. The van der Waals surface area contributed by atoms with E-state index in [0.717, 1.165) is 5.69 Å². The van der Waals surface area contributed by atoms with Crippen molar-refractivity contribution in [3.63, 3.8) is 0 Å². The van der Waals surface area contributed by atoms with E-state index in [0.29, 0.717) is 26.2 Å². The first-order chi connectivity index (χ1) is 7.22. The van der Waals surface area contributed by atoms with Crippen LogP contribution in [0, 0.1) is 0 Å². The maximum atomic E-state index is 9.60. The Morgan fingerprint density at radius 2 is 2.33 bits per heavy atom. The zero-order valence-electron chi connectivity index (χ0n) is 9.22. The van der Waals surface area contributed by atoms with E-state index >= 15 is 0 Å². The third kappa shape index (κ3) is 4.92. The number of rotatable bonds is 7. The Bertz CT molecular complexity index is 275. The first kappa shape index (κ1) is 12.2. The molecule has 1 rings (SSSR count). The predicted octanol–water partition coefficient (Wildman–Crippen LogP) is -0.0135. The van der Waals surface area contributed by atoms with Gasteiger partial charge in [0.2, 0.25) is 0 Å². The molecule has 0 spiro atoms. The molecule has 5 nitrogen and oxygen atoms in total. The second-order valence-electron chi connectivity index (χ2n) is 3.41. The van der Waals surface area contributed by atoms with Crippen LogP contribution in [0.3, 0.4) is 0 Å². The summed E-state index contributed by atoms with van der Waals surface area (Å²) in [6.45, 7) is 1.38. The molecule has 1 atom stereocenters. The van der Waals surface area contributed by atoms with Crippen LogP contribution in [0.4, 0.5) is 0 Å². The predicted molar refractivity (Wildman–Crippen MR) is 55.6 cm³/mol. The highest BCUT2D eigenvalue weighted by Crippen LogP contribution is 2.00. The SMILES string of the molecule is COCCOCC(O)Cc1ccn(C)n1. The first-order valence-electron chi connectivity index (χ1n) is 4.95. The number of aromatic nitrogens is 2. The quantitative estimate of drug-likeness (QED) is 0.648. The van der Waals surface area contributed by atoms with E-state index in [1.807, 2.05) is 19.3 Å². The topological polar surface area (TPSA) is 56.5 Å². The summed E-state index contributed by atoms with van der Waals surface area (Å²) in [5.74, 6) is 0. The first-order valence-corrected chi connectivity index (χ1v) is 4.95. The van der Waals surface area contributed by atoms with Crippen molar-refractivity contribution >= 4 is 0 Å². The van der Waals surface area contributed by atoms with Gasteiger partial charge in [0, 0.05) is 26.8 Å². The van der Waals surface area contributed by atoms with Crippen LogP contribution < -0.4 is 0 Å². The summed E-state index contributed by atoms with van der Waals surface area (Å²) in [7, 11) is 3.47. The van der Waals surface area contributed by atoms with Crippen LogP contribution in [-0.4, -0.2) is 47.9 Å². The maximum absolute atomic E-state index is 9.60. The molecule has 1 unspecified atom stereocenters. The Hall–Kier alpha value is -0.910. The summed E-state index contributed by atoms with van der Waals surface area (Å²) in [5, 5.41) is 13.8. The molecule has 5 heteroatoms. The van der Waals surface area contributed by atoms with Crippen molar-refractivity contribution < 1.29 is 14.6 Å². The Kier molecular flexibility index (Phi) is 5.31. The van der Waals surface area contributed by atoms with Crippen LogP contribution >= 0.6 is 0 Å². The summed E-state index contributed by atoms with van der Waals surface area (Å²) >= 11 is 0. The molecule has 0 aliphatic heterocycles. The molecule has 0 saturated heterocycles. The molecule has 0 fully saturated rings. The van der Waals surface area contributed by atoms with Crippen molar-refractivity contribution in [3.05, 3.63) is 18.0 Å². The van der Waals surface area contributed by atoms with Gasteiger partial charge in [-0.2, -0.15) is 5.10 Å². The van der Waals surface area contributed by atoms with Crippen molar-refractivity contribution in [1.29, 1.82) is 0 Å². The number of aliphatic hydroxyl groups is 1. The fourth-order valence-corrected chi connectivity index (χ4v) is 1.23.